The van der Waals surface area contributed by atoms with E-state index in [0.29, 0.717) is 22.4 Å². The number of thiol groups is 1. The average Bonchev–Trinajstić information content (AvgIpc) is 2.44. The number of alkyl halides is 3. The fourth-order valence-corrected chi connectivity index (χ4v) is 2.83. The van der Waals surface area contributed by atoms with Crippen LogP contribution in [-0.4, -0.2) is 23.4 Å². The molecule has 3 nitrogen and oxygen atoms in total. The van der Waals surface area contributed by atoms with Crippen molar-refractivity contribution < 1.29 is 27.8 Å². The van der Waals surface area contributed by atoms with Crippen LogP contribution in [0.25, 0.3) is 6.08 Å². The largest absolute Gasteiger partial charge is 0.478 e. The van der Waals surface area contributed by atoms with E-state index in [0.717, 1.165) is 25.3 Å². The Balaban J connectivity index is 2.47. The Kier molecular flexibility index (Phi) is 5.29. The van der Waals surface area contributed by atoms with Crippen LogP contribution in [0.15, 0.2) is 22.6 Å². The molecule has 0 aliphatic carbocycles. The Morgan fingerprint density at radius 1 is 1.35 bits per heavy atom. The Morgan fingerprint density at radius 2 is 2.04 bits per heavy atom. The van der Waals surface area contributed by atoms with Crippen LogP contribution in [0.4, 0.5) is 13.2 Å². The molecule has 0 saturated heterocycles. The van der Waals surface area contributed by atoms with Crippen LogP contribution in [0.5, 0.6) is 5.75 Å². The molecule has 0 bridgehead atoms. The topological polar surface area (TPSA) is 46.5 Å². The number of aryl methyl sites for hydroxylation is 1. The minimum atomic E-state index is -4.79. The molecule has 2 rings (SSSR count). The number of carboxylic acids is 1. The van der Waals surface area contributed by atoms with Crippen LogP contribution < -0.4 is 4.74 Å². The van der Waals surface area contributed by atoms with Gasteiger partial charge in [-0.05, 0) is 36.6 Å². The first-order chi connectivity index (χ1) is 10.7. The number of benzene rings is 1. The van der Waals surface area contributed by atoms with Crippen molar-refractivity contribution in [3.8, 4) is 5.75 Å². The summed E-state index contributed by atoms with van der Waals surface area (Å²) in [5.41, 5.74) is 0.126. The van der Waals surface area contributed by atoms with Crippen LogP contribution in [-0.2, 0) is 11.2 Å². The van der Waals surface area contributed by atoms with Gasteiger partial charge in [0, 0.05) is 10.5 Å². The molecule has 1 aliphatic heterocycles. The minimum Gasteiger partial charge on any atom is -0.478 e. The molecule has 1 aromatic carbocycles. The van der Waals surface area contributed by atoms with E-state index < -0.39 is 23.8 Å². The minimum absolute atomic E-state index is 0.103. The predicted molar refractivity (Wildman–Crippen MR) is 83.0 cm³/mol. The van der Waals surface area contributed by atoms with Crippen LogP contribution >= 0.6 is 12.6 Å². The molecule has 0 amide bonds. The standard InChI is InChI=1S/C16H17F3O3S/c1-2-3-4-5-9-6-11(23)7-10-8-12(15(20)21)14(16(17,18)19)22-13(9)10/h6-8,14,23H,2-5H2,1H3,(H,20,21). The molecule has 1 aliphatic rings. The lowest BCUT2D eigenvalue weighted by molar-refractivity contribution is -0.187. The van der Waals surface area contributed by atoms with Gasteiger partial charge >= 0.3 is 12.1 Å². The molecular weight excluding hydrogens is 329 g/mol. The number of hydrogen-bond acceptors (Lipinski definition) is 3. The maximum atomic E-state index is 13.1. The number of carbonyl (C=O) groups is 1. The van der Waals surface area contributed by atoms with E-state index in [1.54, 1.807) is 6.07 Å². The van der Waals surface area contributed by atoms with E-state index in [1.807, 2.05) is 6.92 Å². The van der Waals surface area contributed by atoms with E-state index in [-0.39, 0.29) is 5.75 Å². The smallest absolute Gasteiger partial charge is 0.430 e. The van der Waals surface area contributed by atoms with Gasteiger partial charge in [-0.15, -0.1) is 12.6 Å². The highest BCUT2D eigenvalue weighted by Gasteiger charge is 2.48. The molecule has 7 heteroatoms. The van der Waals surface area contributed by atoms with Crippen molar-refractivity contribution in [2.24, 2.45) is 0 Å². The molecule has 0 saturated carbocycles. The lowest BCUT2D eigenvalue weighted by Gasteiger charge is -2.28. The molecule has 1 unspecified atom stereocenters. The van der Waals surface area contributed by atoms with Gasteiger partial charge in [-0.1, -0.05) is 19.8 Å². The van der Waals surface area contributed by atoms with Gasteiger partial charge < -0.3 is 9.84 Å². The normalized spacial score (nSPS) is 17.3. The van der Waals surface area contributed by atoms with E-state index >= 15 is 0 Å². The fourth-order valence-electron chi connectivity index (χ4n) is 2.54. The summed E-state index contributed by atoms with van der Waals surface area (Å²) in [6, 6.07) is 3.18. The van der Waals surface area contributed by atoms with Crippen molar-refractivity contribution in [3.63, 3.8) is 0 Å². The van der Waals surface area contributed by atoms with Gasteiger partial charge in [0.05, 0.1) is 5.57 Å². The Labute approximate surface area is 137 Å². The van der Waals surface area contributed by atoms with Crippen molar-refractivity contribution in [3.05, 3.63) is 28.8 Å². The van der Waals surface area contributed by atoms with E-state index in [2.05, 4.69) is 12.6 Å². The molecule has 1 aromatic rings. The summed E-state index contributed by atoms with van der Waals surface area (Å²) in [5.74, 6) is -1.54. The summed E-state index contributed by atoms with van der Waals surface area (Å²) >= 11 is 4.24. The molecule has 0 radical (unpaired) electrons. The Morgan fingerprint density at radius 3 is 2.61 bits per heavy atom. The SMILES string of the molecule is CCCCCc1cc(S)cc2c1OC(C(F)(F)F)C(C(=O)O)=C2. The molecule has 1 heterocycles. The molecule has 0 spiro atoms. The second-order valence-electron chi connectivity index (χ2n) is 5.42. The van der Waals surface area contributed by atoms with Crippen LogP contribution in [0.2, 0.25) is 0 Å². The first kappa shape index (κ1) is 17.7. The van der Waals surface area contributed by atoms with E-state index in [1.165, 1.54) is 6.07 Å². The Bertz CT molecular complexity index is 638. The van der Waals surface area contributed by atoms with Crippen LogP contribution in [0.1, 0.15) is 37.3 Å². The monoisotopic (exact) mass is 346 g/mol. The lowest BCUT2D eigenvalue weighted by atomic mass is 9.96. The summed E-state index contributed by atoms with van der Waals surface area (Å²) in [6.07, 6.45) is -2.91. The van der Waals surface area contributed by atoms with Gasteiger partial charge in [-0.3, -0.25) is 0 Å². The van der Waals surface area contributed by atoms with Crippen molar-refractivity contribution in [1.82, 2.24) is 0 Å². The Hall–Kier alpha value is -1.63. The zero-order valence-electron chi connectivity index (χ0n) is 12.5. The zero-order chi connectivity index (χ0) is 17.2. The van der Waals surface area contributed by atoms with Crippen molar-refractivity contribution in [2.75, 3.05) is 0 Å². The molecular formula is C16H17F3O3S. The third-order valence-corrected chi connectivity index (χ3v) is 3.86. The summed E-state index contributed by atoms with van der Waals surface area (Å²) in [6.45, 7) is 2.03. The quantitative estimate of drug-likeness (QED) is 0.610. The second-order valence-corrected chi connectivity index (χ2v) is 5.94. The summed E-state index contributed by atoms with van der Waals surface area (Å²) in [5, 5.41) is 9.04. The molecule has 1 N–H and O–H groups in total. The molecule has 23 heavy (non-hydrogen) atoms. The number of unbranched alkanes of at least 4 members (excludes halogenated alkanes) is 2. The number of carboxylic acid groups (broad SMARTS) is 1. The summed E-state index contributed by atoms with van der Waals surface area (Å²) in [7, 11) is 0. The molecule has 126 valence electrons. The number of ether oxygens (including phenoxy) is 1. The van der Waals surface area contributed by atoms with Gasteiger partial charge in [0.2, 0.25) is 6.10 Å². The maximum absolute atomic E-state index is 13.1. The first-order valence-corrected chi connectivity index (χ1v) is 7.73. The summed E-state index contributed by atoms with van der Waals surface area (Å²) < 4.78 is 44.4. The lowest BCUT2D eigenvalue weighted by Crippen LogP contribution is -2.40. The molecule has 1 atom stereocenters. The van der Waals surface area contributed by atoms with E-state index in [4.69, 9.17) is 9.84 Å². The van der Waals surface area contributed by atoms with E-state index in [9.17, 15) is 18.0 Å². The highest BCUT2D eigenvalue weighted by atomic mass is 32.1. The van der Waals surface area contributed by atoms with Gasteiger partial charge in [-0.25, -0.2) is 4.79 Å². The summed E-state index contributed by atoms with van der Waals surface area (Å²) in [4.78, 5) is 11.7. The van der Waals surface area contributed by atoms with Crippen molar-refractivity contribution in [1.29, 1.82) is 0 Å². The average molecular weight is 346 g/mol. The van der Waals surface area contributed by atoms with Gasteiger partial charge in [0.15, 0.2) is 0 Å². The predicted octanol–water partition coefficient (Wildman–Crippen LogP) is 4.50. The van der Waals surface area contributed by atoms with Gasteiger partial charge in [-0.2, -0.15) is 13.2 Å². The van der Waals surface area contributed by atoms with Crippen LogP contribution in [0, 0.1) is 0 Å². The number of rotatable bonds is 5. The maximum Gasteiger partial charge on any atom is 0.430 e. The number of fused-ring (bicyclic) bond motifs is 1. The fraction of sp³-hybridized carbons (Fsp3) is 0.438. The van der Waals surface area contributed by atoms with Crippen molar-refractivity contribution >= 4 is 24.7 Å². The van der Waals surface area contributed by atoms with Crippen molar-refractivity contribution in [2.45, 2.75) is 49.8 Å². The number of halogens is 3. The van der Waals surface area contributed by atoms with Crippen LogP contribution in [0.3, 0.4) is 0 Å². The highest BCUT2D eigenvalue weighted by Crippen LogP contribution is 2.40. The third kappa shape index (κ3) is 4.02. The third-order valence-electron chi connectivity index (χ3n) is 3.60. The van der Waals surface area contributed by atoms with Gasteiger partial charge in [0.1, 0.15) is 5.75 Å². The molecule has 0 fully saturated rings. The van der Waals surface area contributed by atoms with Gasteiger partial charge in [0.25, 0.3) is 0 Å². The number of hydrogen-bond donors (Lipinski definition) is 2. The number of aliphatic carboxylic acids is 1. The highest BCUT2D eigenvalue weighted by molar-refractivity contribution is 7.80. The zero-order valence-corrected chi connectivity index (χ0v) is 13.4. The molecule has 0 aromatic heterocycles. The second kappa shape index (κ2) is 6.86. The first-order valence-electron chi connectivity index (χ1n) is 7.28.